The molecule has 0 fully saturated rings. The van der Waals surface area contributed by atoms with E-state index in [9.17, 15) is 19.1 Å². The van der Waals surface area contributed by atoms with Crippen LogP contribution in [0.1, 0.15) is 35.0 Å². The van der Waals surface area contributed by atoms with Crippen LogP contribution in [0.15, 0.2) is 64.8 Å². The van der Waals surface area contributed by atoms with E-state index in [1.165, 1.54) is 18.4 Å². The second-order valence-electron chi connectivity index (χ2n) is 7.21. The zero-order chi connectivity index (χ0) is 23.4. The number of ketones is 1. The number of benzene rings is 2. The van der Waals surface area contributed by atoms with E-state index in [1.54, 1.807) is 30.3 Å². The largest absolute Gasteiger partial charge is 0.491 e. The van der Waals surface area contributed by atoms with Crippen molar-refractivity contribution in [3.8, 4) is 5.75 Å². The van der Waals surface area contributed by atoms with E-state index >= 15 is 0 Å². The van der Waals surface area contributed by atoms with Gasteiger partial charge in [-0.05, 0) is 54.4 Å². The molecule has 1 N–H and O–H groups in total. The Morgan fingerprint density at radius 2 is 1.88 bits per heavy atom. The first kappa shape index (κ1) is 22.3. The number of aromatic nitrogens is 2. The minimum atomic E-state index is -1.30. The standard InChI is InChI=1S/C24H19FN2O5S/c1-2-9-32-21-8-6-15(11-18(21)25)23(28)17(13-16-4-3-10-31-16)22(24(29)30)14-5-7-19-20(12-14)27-33-26-19/h3-8,10-12H,2,9,13H2,1H3,(H,29,30). The predicted octanol–water partition coefficient (Wildman–Crippen LogP) is 5.18. The minimum absolute atomic E-state index is 0.00746. The lowest BCUT2D eigenvalue weighted by atomic mass is 9.90. The lowest BCUT2D eigenvalue weighted by Crippen LogP contribution is -2.14. The molecule has 2 heterocycles. The smallest absolute Gasteiger partial charge is 0.336 e. The third-order valence-electron chi connectivity index (χ3n) is 4.92. The van der Waals surface area contributed by atoms with Crippen LogP contribution in [0.4, 0.5) is 4.39 Å². The fraction of sp³-hybridized carbons (Fsp3) is 0.167. The van der Waals surface area contributed by atoms with Gasteiger partial charge in [0.2, 0.25) is 0 Å². The number of halogens is 1. The van der Waals surface area contributed by atoms with E-state index in [1.807, 2.05) is 6.92 Å². The summed E-state index contributed by atoms with van der Waals surface area (Å²) in [5, 5.41) is 10.1. The third-order valence-corrected chi connectivity index (χ3v) is 5.48. The van der Waals surface area contributed by atoms with Gasteiger partial charge in [0.15, 0.2) is 17.3 Å². The van der Waals surface area contributed by atoms with Crippen LogP contribution in [-0.4, -0.2) is 32.2 Å². The zero-order valence-corrected chi connectivity index (χ0v) is 18.4. The number of carbonyl (C=O) groups is 2. The van der Waals surface area contributed by atoms with E-state index in [0.29, 0.717) is 35.4 Å². The van der Waals surface area contributed by atoms with Crippen molar-refractivity contribution in [3.63, 3.8) is 0 Å². The highest BCUT2D eigenvalue weighted by atomic mass is 32.1. The highest BCUT2D eigenvalue weighted by Crippen LogP contribution is 2.29. The molecule has 9 heteroatoms. The molecular formula is C24H19FN2O5S. The maximum Gasteiger partial charge on any atom is 0.336 e. The molecule has 0 bridgehead atoms. The summed E-state index contributed by atoms with van der Waals surface area (Å²) in [4.78, 5) is 25.8. The molecule has 0 aliphatic rings. The van der Waals surface area contributed by atoms with E-state index in [4.69, 9.17) is 9.15 Å². The Labute approximate surface area is 192 Å². The van der Waals surface area contributed by atoms with Crippen molar-refractivity contribution in [2.24, 2.45) is 0 Å². The molecule has 0 atom stereocenters. The fourth-order valence-electron chi connectivity index (χ4n) is 3.38. The Morgan fingerprint density at radius 3 is 2.58 bits per heavy atom. The van der Waals surface area contributed by atoms with Crippen LogP contribution in [-0.2, 0) is 11.2 Å². The zero-order valence-electron chi connectivity index (χ0n) is 17.6. The molecular weight excluding hydrogens is 447 g/mol. The molecule has 0 aliphatic heterocycles. The van der Waals surface area contributed by atoms with Gasteiger partial charge in [-0.2, -0.15) is 8.75 Å². The lowest BCUT2D eigenvalue weighted by molar-refractivity contribution is -0.130. The van der Waals surface area contributed by atoms with Gasteiger partial charge in [-0.1, -0.05) is 13.0 Å². The van der Waals surface area contributed by atoms with E-state index in [-0.39, 0.29) is 28.9 Å². The number of ether oxygens (including phenoxy) is 1. The SMILES string of the molecule is CCCOc1ccc(C(=O)C(Cc2ccco2)=C(C(=O)O)c2ccc3nsnc3c2)cc1F. The number of carboxylic acid groups (broad SMARTS) is 1. The summed E-state index contributed by atoms with van der Waals surface area (Å²) in [7, 11) is 0. The topological polar surface area (TPSA) is 103 Å². The number of fused-ring (bicyclic) bond motifs is 1. The average molecular weight is 466 g/mol. The summed E-state index contributed by atoms with van der Waals surface area (Å²) < 4.78 is 33.5. The summed E-state index contributed by atoms with van der Waals surface area (Å²) in [6.07, 6.45) is 2.05. The molecule has 4 rings (SSSR count). The van der Waals surface area contributed by atoms with Crippen LogP contribution in [0, 0.1) is 5.82 Å². The maximum atomic E-state index is 14.6. The summed E-state index contributed by atoms with van der Waals surface area (Å²) in [5.41, 5.74) is 1.19. The normalized spacial score (nSPS) is 11.9. The quantitative estimate of drug-likeness (QED) is 0.268. The number of rotatable bonds is 9. The molecule has 0 amide bonds. The van der Waals surface area contributed by atoms with E-state index < -0.39 is 17.6 Å². The third kappa shape index (κ3) is 4.83. The molecule has 0 unspecified atom stereocenters. The van der Waals surface area contributed by atoms with Crippen molar-refractivity contribution >= 4 is 40.1 Å². The van der Waals surface area contributed by atoms with Gasteiger partial charge in [-0.3, -0.25) is 4.79 Å². The van der Waals surface area contributed by atoms with Gasteiger partial charge >= 0.3 is 5.97 Å². The number of hydrogen-bond acceptors (Lipinski definition) is 7. The summed E-state index contributed by atoms with van der Waals surface area (Å²) in [5.74, 6) is -2.18. The van der Waals surface area contributed by atoms with Gasteiger partial charge in [-0.15, -0.1) is 0 Å². The number of aliphatic carboxylic acids is 1. The number of carbonyl (C=O) groups excluding carboxylic acids is 1. The van der Waals surface area contributed by atoms with E-state index in [2.05, 4.69) is 8.75 Å². The highest BCUT2D eigenvalue weighted by molar-refractivity contribution is 7.00. The van der Waals surface area contributed by atoms with Crippen molar-refractivity contribution in [1.82, 2.24) is 8.75 Å². The van der Waals surface area contributed by atoms with Crippen molar-refractivity contribution in [2.75, 3.05) is 6.61 Å². The summed E-state index contributed by atoms with van der Waals surface area (Å²) in [6.45, 7) is 2.24. The molecule has 168 valence electrons. The molecule has 0 spiro atoms. The van der Waals surface area contributed by atoms with Crippen molar-refractivity contribution < 1.29 is 28.2 Å². The van der Waals surface area contributed by atoms with Crippen LogP contribution >= 0.6 is 11.7 Å². The van der Waals surface area contributed by atoms with Crippen molar-refractivity contribution in [2.45, 2.75) is 19.8 Å². The molecule has 4 aromatic rings. The van der Waals surface area contributed by atoms with Gasteiger partial charge < -0.3 is 14.3 Å². The number of furan rings is 1. The molecule has 0 radical (unpaired) electrons. The number of allylic oxidation sites excluding steroid dienone is 1. The molecule has 0 aliphatic carbocycles. The Balaban J connectivity index is 1.83. The van der Waals surface area contributed by atoms with Gasteiger partial charge in [0.1, 0.15) is 16.8 Å². The number of Topliss-reactive ketones (excluding diaryl/α,β-unsaturated/α-hetero) is 1. The number of carboxylic acids is 1. The lowest BCUT2D eigenvalue weighted by Gasteiger charge is -2.13. The Morgan fingerprint density at radius 1 is 1.09 bits per heavy atom. The van der Waals surface area contributed by atoms with Gasteiger partial charge in [0, 0.05) is 17.6 Å². The van der Waals surface area contributed by atoms with Gasteiger partial charge in [0.25, 0.3) is 0 Å². The first-order chi connectivity index (χ1) is 16.0. The molecule has 33 heavy (non-hydrogen) atoms. The van der Waals surface area contributed by atoms with Gasteiger partial charge in [-0.25, -0.2) is 9.18 Å². The number of nitrogens with zero attached hydrogens (tertiary/aromatic N) is 2. The van der Waals surface area contributed by atoms with Gasteiger partial charge in [0.05, 0.1) is 30.2 Å². The van der Waals surface area contributed by atoms with Crippen molar-refractivity contribution in [1.29, 1.82) is 0 Å². The fourth-order valence-corrected chi connectivity index (χ4v) is 3.90. The van der Waals surface area contributed by atoms with Crippen LogP contribution in [0.2, 0.25) is 0 Å². The van der Waals surface area contributed by atoms with Crippen LogP contribution in [0.25, 0.3) is 16.6 Å². The predicted molar refractivity (Wildman–Crippen MR) is 121 cm³/mol. The Kier molecular flexibility index (Phi) is 6.60. The summed E-state index contributed by atoms with van der Waals surface area (Å²) >= 11 is 1.01. The van der Waals surface area contributed by atoms with E-state index in [0.717, 1.165) is 17.8 Å². The molecule has 2 aromatic carbocycles. The molecule has 0 saturated heterocycles. The van der Waals surface area contributed by atoms with Crippen LogP contribution in [0.5, 0.6) is 5.75 Å². The second kappa shape index (κ2) is 9.74. The average Bonchev–Trinajstić information content (AvgIpc) is 3.48. The second-order valence-corrected chi connectivity index (χ2v) is 7.73. The van der Waals surface area contributed by atoms with Crippen LogP contribution < -0.4 is 4.74 Å². The Hall–Kier alpha value is -3.85. The van der Waals surface area contributed by atoms with Crippen molar-refractivity contribution in [3.05, 3.63) is 83.1 Å². The maximum absolute atomic E-state index is 14.6. The van der Waals surface area contributed by atoms with Crippen LogP contribution in [0.3, 0.4) is 0 Å². The molecule has 0 saturated carbocycles. The minimum Gasteiger partial charge on any atom is -0.491 e. The monoisotopic (exact) mass is 466 g/mol. The first-order valence-electron chi connectivity index (χ1n) is 10.2. The summed E-state index contributed by atoms with van der Waals surface area (Å²) in [6, 6.07) is 11.9. The highest BCUT2D eigenvalue weighted by Gasteiger charge is 2.25. The number of hydrogen-bond donors (Lipinski definition) is 1. The molecule has 7 nitrogen and oxygen atoms in total. The molecule has 2 aromatic heterocycles. The Bertz CT molecular complexity index is 1340. The first-order valence-corrected chi connectivity index (χ1v) is 10.9.